The Kier molecular flexibility index (Phi) is 8.86. The summed E-state index contributed by atoms with van der Waals surface area (Å²) >= 11 is 0. The van der Waals surface area contributed by atoms with Gasteiger partial charge in [-0.3, -0.25) is 4.79 Å². The third kappa shape index (κ3) is 6.29. The van der Waals surface area contributed by atoms with E-state index in [1.165, 1.54) is 31.2 Å². The number of aryl methyl sites for hydroxylation is 1. The third-order valence-corrected chi connectivity index (χ3v) is 5.05. The number of nitrogens with zero attached hydrogens (tertiary/aromatic N) is 1. The first kappa shape index (κ1) is 21.8. The molecule has 0 aliphatic heterocycles. The summed E-state index contributed by atoms with van der Waals surface area (Å²) in [6, 6.07) is 13.9. The van der Waals surface area contributed by atoms with E-state index < -0.39 is 0 Å². The van der Waals surface area contributed by atoms with E-state index in [1.807, 2.05) is 37.4 Å². The third-order valence-electron chi connectivity index (χ3n) is 5.05. The van der Waals surface area contributed by atoms with Gasteiger partial charge in [0.1, 0.15) is 0 Å². The second kappa shape index (κ2) is 11.4. The molecular formula is C24H33NO3. The van der Waals surface area contributed by atoms with Gasteiger partial charge >= 0.3 is 0 Å². The Morgan fingerprint density at radius 2 is 1.54 bits per heavy atom. The molecule has 0 saturated heterocycles. The monoisotopic (exact) mass is 383 g/mol. The van der Waals surface area contributed by atoms with Gasteiger partial charge in [-0.15, -0.1) is 0 Å². The summed E-state index contributed by atoms with van der Waals surface area (Å²) < 4.78 is 10.6. The number of amides is 1. The number of methoxy groups -OCH3 is 2. The lowest BCUT2D eigenvalue weighted by atomic mass is 10.0. The molecule has 4 nitrogen and oxygen atoms in total. The molecule has 0 aromatic heterocycles. The lowest BCUT2D eigenvalue weighted by molar-refractivity contribution is 0.0796. The fourth-order valence-corrected chi connectivity index (χ4v) is 3.22. The van der Waals surface area contributed by atoms with Gasteiger partial charge in [0, 0.05) is 19.2 Å². The number of carbonyl (C=O) groups excluding carboxylic acids is 1. The molecule has 0 atom stereocenters. The van der Waals surface area contributed by atoms with E-state index in [9.17, 15) is 4.79 Å². The minimum absolute atomic E-state index is 0.0537. The minimum atomic E-state index is 0.0537. The molecule has 2 rings (SSSR count). The SMILES string of the molecule is CCCCCCc1ccc(C(=O)N(C)CCc2ccc(OC)c(OC)c2)cc1. The van der Waals surface area contributed by atoms with Crippen molar-refractivity contribution in [2.45, 2.75) is 45.4 Å². The highest BCUT2D eigenvalue weighted by molar-refractivity contribution is 5.94. The molecule has 0 aliphatic carbocycles. The quantitative estimate of drug-likeness (QED) is 0.504. The summed E-state index contributed by atoms with van der Waals surface area (Å²) in [4.78, 5) is 14.5. The Balaban J connectivity index is 1.88. The van der Waals surface area contributed by atoms with Crippen molar-refractivity contribution in [2.24, 2.45) is 0 Å². The summed E-state index contributed by atoms with van der Waals surface area (Å²) in [5.41, 5.74) is 3.16. The van der Waals surface area contributed by atoms with E-state index in [4.69, 9.17) is 9.47 Å². The maximum atomic E-state index is 12.7. The highest BCUT2D eigenvalue weighted by Gasteiger charge is 2.12. The van der Waals surface area contributed by atoms with Crippen LogP contribution in [0.2, 0.25) is 0 Å². The molecule has 0 saturated carbocycles. The van der Waals surface area contributed by atoms with Crippen molar-refractivity contribution in [1.29, 1.82) is 0 Å². The van der Waals surface area contributed by atoms with Crippen LogP contribution < -0.4 is 9.47 Å². The molecule has 152 valence electrons. The average Bonchev–Trinajstić information content (AvgIpc) is 2.74. The first-order chi connectivity index (χ1) is 13.6. The molecule has 0 unspecified atom stereocenters. The maximum Gasteiger partial charge on any atom is 0.253 e. The summed E-state index contributed by atoms with van der Waals surface area (Å²) in [6.07, 6.45) is 6.88. The van der Waals surface area contributed by atoms with Gasteiger partial charge in [-0.25, -0.2) is 0 Å². The van der Waals surface area contributed by atoms with Gasteiger partial charge in [0.15, 0.2) is 11.5 Å². The Bertz CT molecular complexity index is 740. The Morgan fingerprint density at radius 1 is 0.857 bits per heavy atom. The van der Waals surface area contributed by atoms with Gasteiger partial charge in [-0.05, 0) is 54.7 Å². The average molecular weight is 384 g/mol. The molecule has 0 radical (unpaired) electrons. The molecule has 28 heavy (non-hydrogen) atoms. The summed E-state index contributed by atoms with van der Waals surface area (Å²) in [6.45, 7) is 2.87. The van der Waals surface area contributed by atoms with Crippen molar-refractivity contribution in [1.82, 2.24) is 4.90 Å². The van der Waals surface area contributed by atoms with Crippen LogP contribution in [-0.2, 0) is 12.8 Å². The molecule has 0 aliphatic rings. The number of ether oxygens (including phenoxy) is 2. The number of hydrogen-bond acceptors (Lipinski definition) is 3. The zero-order valence-corrected chi connectivity index (χ0v) is 17.7. The largest absolute Gasteiger partial charge is 0.493 e. The molecule has 4 heteroatoms. The first-order valence-corrected chi connectivity index (χ1v) is 10.1. The summed E-state index contributed by atoms with van der Waals surface area (Å²) in [7, 11) is 5.10. The topological polar surface area (TPSA) is 38.8 Å². The van der Waals surface area contributed by atoms with Crippen LogP contribution in [0.15, 0.2) is 42.5 Å². The minimum Gasteiger partial charge on any atom is -0.493 e. The molecule has 0 N–H and O–H groups in total. The van der Waals surface area contributed by atoms with Crippen LogP contribution in [0.4, 0.5) is 0 Å². The molecule has 2 aromatic carbocycles. The van der Waals surface area contributed by atoms with Gasteiger partial charge in [-0.1, -0.05) is 44.4 Å². The Hall–Kier alpha value is -2.49. The molecule has 0 spiro atoms. The highest BCUT2D eigenvalue weighted by atomic mass is 16.5. The van der Waals surface area contributed by atoms with Crippen molar-refractivity contribution in [3.63, 3.8) is 0 Å². The van der Waals surface area contributed by atoms with Crippen molar-refractivity contribution >= 4 is 5.91 Å². The van der Waals surface area contributed by atoms with E-state index >= 15 is 0 Å². The van der Waals surface area contributed by atoms with Crippen LogP contribution in [0.25, 0.3) is 0 Å². The fraction of sp³-hybridized carbons (Fsp3) is 0.458. The normalized spacial score (nSPS) is 10.6. The van der Waals surface area contributed by atoms with Gasteiger partial charge in [0.25, 0.3) is 5.91 Å². The highest BCUT2D eigenvalue weighted by Crippen LogP contribution is 2.27. The first-order valence-electron chi connectivity index (χ1n) is 10.1. The lowest BCUT2D eigenvalue weighted by Crippen LogP contribution is -2.28. The predicted octanol–water partition coefficient (Wildman–Crippen LogP) is 5.14. The number of benzene rings is 2. The molecule has 0 heterocycles. The van der Waals surface area contributed by atoms with Crippen LogP contribution in [0.1, 0.15) is 54.1 Å². The van der Waals surface area contributed by atoms with E-state index in [2.05, 4.69) is 19.1 Å². The molecular weight excluding hydrogens is 350 g/mol. The number of hydrogen-bond donors (Lipinski definition) is 0. The van der Waals surface area contributed by atoms with E-state index in [0.29, 0.717) is 18.0 Å². The van der Waals surface area contributed by atoms with Crippen LogP contribution >= 0.6 is 0 Å². The number of unbranched alkanes of at least 4 members (excludes halogenated alkanes) is 3. The smallest absolute Gasteiger partial charge is 0.253 e. The zero-order valence-electron chi connectivity index (χ0n) is 17.7. The molecule has 0 fully saturated rings. The zero-order chi connectivity index (χ0) is 20.4. The Labute approximate surface area is 169 Å². The van der Waals surface area contributed by atoms with Crippen LogP contribution in [0.5, 0.6) is 11.5 Å². The van der Waals surface area contributed by atoms with Gasteiger partial charge < -0.3 is 14.4 Å². The van der Waals surface area contributed by atoms with Gasteiger partial charge in [-0.2, -0.15) is 0 Å². The standard InChI is InChI=1S/C24H33NO3/c1-5-6-7-8-9-19-10-13-21(14-11-19)24(26)25(2)17-16-20-12-15-22(27-3)23(18-20)28-4/h10-15,18H,5-9,16-17H2,1-4H3. The van der Waals surface area contributed by atoms with E-state index in [1.54, 1.807) is 19.1 Å². The summed E-state index contributed by atoms with van der Waals surface area (Å²) in [5.74, 6) is 1.48. The van der Waals surface area contributed by atoms with E-state index in [0.717, 1.165) is 24.0 Å². The summed E-state index contributed by atoms with van der Waals surface area (Å²) in [5, 5.41) is 0. The van der Waals surface area contributed by atoms with Crippen LogP contribution in [0, 0.1) is 0 Å². The van der Waals surface area contributed by atoms with Crippen molar-refractivity contribution in [2.75, 3.05) is 27.8 Å². The molecule has 1 amide bonds. The van der Waals surface area contributed by atoms with Crippen molar-refractivity contribution in [3.8, 4) is 11.5 Å². The number of carbonyl (C=O) groups is 1. The van der Waals surface area contributed by atoms with Crippen LogP contribution in [-0.4, -0.2) is 38.6 Å². The number of rotatable bonds is 11. The fourth-order valence-electron chi connectivity index (χ4n) is 3.22. The Morgan fingerprint density at radius 3 is 2.18 bits per heavy atom. The molecule has 2 aromatic rings. The maximum absolute atomic E-state index is 12.7. The van der Waals surface area contributed by atoms with E-state index in [-0.39, 0.29) is 5.91 Å². The second-order valence-corrected chi connectivity index (χ2v) is 7.17. The van der Waals surface area contributed by atoms with Crippen molar-refractivity contribution < 1.29 is 14.3 Å². The lowest BCUT2D eigenvalue weighted by Gasteiger charge is -2.18. The molecule has 0 bridgehead atoms. The van der Waals surface area contributed by atoms with Crippen LogP contribution in [0.3, 0.4) is 0 Å². The van der Waals surface area contributed by atoms with Crippen molar-refractivity contribution in [3.05, 3.63) is 59.2 Å². The second-order valence-electron chi connectivity index (χ2n) is 7.17. The number of likely N-dealkylation sites (N-methyl/N-ethyl adjacent to an activating group) is 1. The predicted molar refractivity (Wildman–Crippen MR) is 114 cm³/mol. The van der Waals surface area contributed by atoms with Gasteiger partial charge in [0.05, 0.1) is 14.2 Å². The van der Waals surface area contributed by atoms with Gasteiger partial charge in [0.2, 0.25) is 0 Å².